The summed E-state index contributed by atoms with van der Waals surface area (Å²) in [7, 11) is 1.80. The highest BCUT2D eigenvalue weighted by atomic mass is 19.4. The number of aryl methyl sites for hydroxylation is 1. The van der Waals surface area contributed by atoms with Crippen molar-refractivity contribution in [1.82, 2.24) is 9.55 Å². The smallest absolute Gasteiger partial charge is 0.331 e. The molecule has 0 bridgehead atoms. The lowest BCUT2D eigenvalue weighted by Gasteiger charge is -2.37. The number of rotatable bonds is 2. The molecule has 0 aliphatic heterocycles. The van der Waals surface area contributed by atoms with Gasteiger partial charge in [-0.2, -0.15) is 13.2 Å². The molecule has 116 valence electrons. The van der Waals surface area contributed by atoms with E-state index in [1.165, 1.54) is 6.07 Å². The van der Waals surface area contributed by atoms with E-state index >= 15 is 0 Å². The maximum atomic E-state index is 12.8. The van der Waals surface area contributed by atoms with Crippen molar-refractivity contribution in [2.75, 3.05) is 0 Å². The van der Waals surface area contributed by atoms with Gasteiger partial charge >= 0.3 is 6.18 Å². The minimum Gasteiger partial charge on any atom is -0.331 e. The minimum atomic E-state index is -4.37. The van der Waals surface area contributed by atoms with Crippen molar-refractivity contribution in [2.45, 2.75) is 44.8 Å². The van der Waals surface area contributed by atoms with E-state index in [2.05, 4.69) is 4.98 Å². The molecule has 2 aromatic rings. The summed E-state index contributed by atoms with van der Waals surface area (Å²) in [6, 6.07) is 3.61. The summed E-state index contributed by atoms with van der Waals surface area (Å²) in [4.78, 5) is 4.41. The first-order chi connectivity index (χ1) is 9.35. The zero-order valence-electron chi connectivity index (χ0n) is 12.8. The van der Waals surface area contributed by atoms with Crippen molar-refractivity contribution in [3.63, 3.8) is 0 Å². The third-order valence-electron chi connectivity index (χ3n) is 4.38. The fraction of sp³-hybridized carbons (Fsp3) is 0.533. The van der Waals surface area contributed by atoms with Gasteiger partial charge in [-0.1, -0.05) is 13.8 Å². The van der Waals surface area contributed by atoms with Crippen LogP contribution in [0.4, 0.5) is 13.2 Å². The minimum absolute atomic E-state index is 0.333. The molecule has 21 heavy (non-hydrogen) atoms. The van der Waals surface area contributed by atoms with Crippen molar-refractivity contribution in [2.24, 2.45) is 12.8 Å². The molecule has 0 atom stereocenters. The number of aromatic nitrogens is 2. The van der Waals surface area contributed by atoms with E-state index in [4.69, 9.17) is 5.73 Å². The van der Waals surface area contributed by atoms with E-state index in [-0.39, 0.29) is 0 Å². The first-order valence-corrected chi connectivity index (χ1v) is 6.69. The second-order valence-electron chi connectivity index (χ2n) is 6.54. The SMILES string of the molecule is Cn1c(C(C)(C)C(C)(C)N)nc2cc(C(F)(F)F)ccc21. The van der Waals surface area contributed by atoms with E-state index in [0.29, 0.717) is 16.9 Å². The molecule has 0 aliphatic rings. The Morgan fingerprint density at radius 2 is 1.67 bits per heavy atom. The molecule has 0 aliphatic carbocycles. The van der Waals surface area contributed by atoms with Gasteiger partial charge in [0.1, 0.15) is 5.82 Å². The number of nitrogens with two attached hydrogens (primary N) is 1. The molecule has 6 heteroatoms. The van der Waals surface area contributed by atoms with E-state index in [1.807, 2.05) is 32.3 Å². The Balaban J connectivity index is 2.67. The standard InChI is InChI=1S/C15H20F3N3/c1-13(2,14(3,4)19)12-20-10-8-9(15(16,17)18)6-7-11(10)21(12)5/h6-8H,19H2,1-5H3. The monoisotopic (exact) mass is 299 g/mol. The van der Waals surface area contributed by atoms with Crippen molar-refractivity contribution in [1.29, 1.82) is 0 Å². The van der Waals surface area contributed by atoms with Crippen LogP contribution in [0.1, 0.15) is 39.1 Å². The quantitative estimate of drug-likeness (QED) is 0.920. The molecule has 0 saturated heterocycles. The Bertz CT molecular complexity index is 676. The molecule has 0 amide bonds. The van der Waals surface area contributed by atoms with Crippen LogP contribution in [0.5, 0.6) is 0 Å². The van der Waals surface area contributed by atoms with Gasteiger partial charge in [0, 0.05) is 18.0 Å². The molecule has 1 heterocycles. The van der Waals surface area contributed by atoms with Crippen LogP contribution in [0.25, 0.3) is 11.0 Å². The van der Waals surface area contributed by atoms with E-state index < -0.39 is 22.7 Å². The number of imidazole rings is 1. The van der Waals surface area contributed by atoms with Gasteiger partial charge in [0.25, 0.3) is 0 Å². The predicted octanol–water partition coefficient (Wildman–Crippen LogP) is 3.61. The topological polar surface area (TPSA) is 43.8 Å². The molecule has 2 N–H and O–H groups in total. The number of hydrogen-bond acceptors (Lipinski definition) is 2. The number of fused-ring (bicyclic) bond motifs is 1. The van der Waals surface area contributed by atoms with Crippen LogP contribution >= 0.6 is 0 Å². The van der Waals surface area contributed by atoms with Crippen molar-refractivity contribution in [3.8, 4) is 0 Å². The Morgan fingerprint density at radius 3 is 2.14 bits per heavy atom. The van der Waals surface area contributed by atoms with Gasteiger partial charge in [0.15, 0.2) is 0 Å². The molecule has 3 nitrogen and oxygen atoms in total. The van der Waals surface area contributed by atoms with Gasteiger partial charge < -0.3 is 10.3 Å². The Hall–Kier alpha value is -1.56. The highest BCUT2D eigenvalue weighted by molar-refractivity contribution is 5.77. The summed E-state index contributed by atoms with van der Waals surface area (Å²) in [5.41, 5.74) is 5.46. The predicted molar refractivity (Wildman–Crippen MR) is 77.0 cm³/mol. The normalized spacial score (nSPS) is 14.0. The van der Waals surface area contributed by atoms with Crippen molar-refractivity contribution < 1.29 is 13.2 Å². The third kappa shape index (κ3) is 2.52. The Labute approximate surface area is 122 Å². The second kappa shape index (κ2) is 4.47. The van der Waals surface area contributed by atoms with Gasteiger partial charge in [-0.3, -0.25) is 0 Å². The van der Waals surface area contributed by atoms with Crippen molar-refractivity contribution >= 4 is 11.0 Å². The lowest BCUT2D eigenvalue weighted by molar-refractivity contribution is -0.137. The van der Waals surface area contributed by atoms with Crippen LogP contribution in [-0.4, -0.2) is 15.1 Å². The molecule has 1 aromatic carbocycles. The van der Waals surface area contributed by atoms with Gasteiger partial charge in [-0.15, -0.1) is 0 Å². The first-order valence-electron chi connectivity index (χ1n) is 6.69. The Morgan fingerprint density at radius 1 is 1.10 bits per heavy atom. The fourth-order valence-electron chi connectivity index (χ4n) is 2.22. The van der Waals surface area contributed by atoms with Crippen LogP contribution < -0.4 is 5.73 Å². The summed E-state index contributed by atoms with van der Waals surface area (Å²) in [5.74, 6) is 0.671. The van der Waals surface area contributed by atoms with Crippen molar-refractivity contribution in [3.05, 3.63) is 29.6 Å². The molecule has 0 radical (unpaired) electrons. The molecule has 0 unspecified atom stereocenters. The third-order valence-corrected chi connectivity index (χ3v) is 4.38. The number of alkyl halides is 3. The van der Waals surface area contributed by atoms with Crippen LogP contribution in [-0.2, 0) is 18.6 Å². The van der Waals surface area contributed by atoms with E-state index in [9.17, 15) is 13.2 Å². The Kier molecular flexibility index (Phi) is 3.36. The van der Waals surface area contributed by atoms with Crippen LogP contribution in [0, 0.1) is 0 Å². The average molecular weight is 299 g/mol. The zero-order chi connectivity index (χ0) is 16.2. The maximum Gasteiger partial charge on any atom is 0.416 e. The first kappa shape index (κ1) is 15.8. The molecule has 0 spiro atoms. The molecule has 0 saturated carbocycles. The van der Waals surface area contributed by atoms with Gasteiger partial charge in [0.05, 0.1) is 16.6 Å². The van der Waals surface area contributed by atoms with Crippen LogP contribution in [0.3, 0.4) is 0 Å². The number of benzene rings is 1. The summed E-state index contributed by atoms with van der Waals surface area (Å²) in [5, 5.41) is 0. The summed E-state index contributed by atoms with van der Waals surface area (Å²) >= 11 is 0. The molecular formula is C15H20F3N3. The maximum absolute atomic E-state index is 12.8. The number of halogens is 3. The lowest BCUT2D eigenvalue weighted by atomic mass is 9.74. The average Bonchev–Trinajstić information content (AvgIpc) is 2.64. The summed E-state index contributed by atoms with van der Waals surface area (Å²) < 4.78 is 40.2. The largest absolute Gasteiger partial charge is 0.416 e. The van der Waals surface area contributed by atoms with E-state index in [1.54, 1.807) is 7.05 Å². The molecular weight excluding hydrogens is 279 g/mol. The second-order valence-corrected chi connectivity index (χ2v) is 6.54. The van der Waals surface area contributed by atoms with Gasteiger partial charge in [-0.05, 0) is 32.0 Å². The lowest BCUT2D eigenvalue weighted by Crippen LogP contribution is -2.51. The van der Waals surface area contributed by atoms with Crippen LogP contribution in [0.2, 0.25) is 0 Å². The van der Waals surface area contributed by atoms with Gasteiger partial charge in [0.2, 0.25) is 0 Å². The number of nitrogens with zero attached hydrogens (tertiary/aromatic N) is 2. The van der Waals surface area contributed by atoms with E-state index in [0.717, 1.165) is 12.1 Å². The van der Waals surface area contributed by atoms with Crippen LogP contribution in [0.15, 0.2) is 18.2 Å². The number of hydrogen-bond donors (Lipinski definition) is 1. The van der Waals surface area contributed by atoms with Gasteiger partial charge in [-0.25, -0.2) is 4.98 Å². The summed E-state index contributed by atoms with van der Waals surface area (Å²) in [6.07, 6.45) is -4.37. The molecule has 0 fully saturated rings. The molecule has 2 rings (SSSR count). The highest BCUT2D eigenvalue weighted by Gasteiger charge is 2.39. The summed E-state index contributed by atoms with van der Waals surface area (Å²) in [6.45, 7) is 7.65. The highest BCUT2D eigenvalue weighted by Crippen LogP contribution is 2.36. The fourth-order valence-corrected chi connectivity index (χ4v) is 2.22. The molecule has 1 aromatic heterocycles. The zero-order valence-corrected chi connectivity index (χ0v) is 12.8.